The number of aryl methyl sites for hydroxylation is 2. The SMILES string of the molecule is CCOC(=O)c1c(C)[nH]c(-c2csc(Cc3csc(C)n3)n2)c1C. The third-order valence-corrected chi connectivity index (χ3v) is 5.39. The van der Waals surface area contributed by atoms with Crippen molar-refractivity contribution in [3.63, 3.8) is 0 Å². The van der Waals surface area contributed by atoms with E-state index in [-0.39, 0.29) is 5.97 Å². The fourth-order valence-corrected chi connectivity index (χ4v) is 4.08. The summed E-state index contributed by atoms with van der Waals surface area (Å²) in [7, 11) is 0. The van der Waals surface area contributed by atoms with Gasteiger partial charge < -0.3 is 9.72 Å². The van der Waals surface area contributed by atoms with Crippen LogP contribution in [0, 0.1) is 20.8 Å². The van der Waals surface area contributed by atoms with Crippen LogP contribution in [0.25, 0.3) is 11.4 Å². The highest BCUT2D eigenvalue weighted by atomic mass is 32.1. The summed E-state index contributed by atoms with van der Waals surface area (Å²) in [4.78, 5) is 24.6. The van der Waals surface area contributed by atoms with Crippen molar-refractivity contribution in [2.45, 2.75) is 34.1 Å². The van der Waals surface area contributed by atoms with E-state index in [1.165, 1.54) is 0 Å². The number of nitrogens with zero attached hydrogens (tertiary/aromatic N) is 2. The number of carbonyl (C=O) groups is 1. The molecule has 3 rings (SSSR count). The molecule has 0 spiro atoms. The van der Waals surface area contributed by atoms with Gasteiger partial charge >= 0.3 is 5.97 Å². The molecule has 126 valence electrons. The number of carbonyl (C=O) groups excluding carboxylic acids is 1. The molecule has 0 aliphatic carbocycles. The average Bonchev–Trinajstić information content (AvgIpc) is 3.20. The molecule has 0 bridgehead atoms. The summed E-state index contributed by atoms with van der Waals surface area (Å²) < 4.78 is 5.14. The molecular formula is C17H19N3O2S2. The van der Waals surface area contributed by atoms with Gasteiger partial charge in [-0.05, 0) is 33.3 Å². The normalized spacial score (nSPS) is 11.0. The Kier molecular flexibility index (Phi) is 4.82. The molecule has 0 saturated carbocycles. The predicted octanol–water partition coefficient (Wildman–Crippen LogP) is 4.29. The molecule has 3 aromatic rings. The predicted molar refractivity (Wildman–Crippen MR) is 97.0 cm³/mol. The van der Waals surface area contributed by atoms with Crippen molar-refractivity contribution >= 4 is 28.6 Å². The van der Waals surface area contributed by atoms with Crippen LogP contribution in [0.1, 0.15) is 44.2 Å². The number of aromatic nitrogens is 3. The number of thiazole rings is 2. The standard InChI is InChI=1S/C17H19N3O2S2/c1-5-22-17(21)15-9(2)16(18-10(15)3)13-8-24-14(20-13)6-12-7-23-11(4)19-12/h7-8,18H,5-6H2,1-4H3. The highest BCUT2D eigenvalue weighted by molar-refractivity contribution is 7.10. The zero-order chi connectivity index (χ0) is 17.3. The van der Waals surface area contributed by atoms with Crippen LogP contribution in [0.3, 0.4) is 0 Å². The van der Waals surface area contributed by atoms with E-state index in [4.69, 9.17) is 9.72 Å². The molecule has 0 radical (unpaired) electrons. The van der Waals surface area contributed by atoms with E-state index in [0.717, 1.165) is 44.8 Å². The number of hydrogen-bond acceptors (Lipinski definition) is 6. The number of rotatable bonds is 5. The van der Waals surface area contributed by atoms with Crippen molar-refractivity contribution in [3.05, 3.63) is 43.3 Å². The topological polar surface area (TPSA) is 67.9 Å². The quantitative estimate of drug-likeness (QED) is 0.689. The fourth-order valence-electron chi connectivity index (χ4n) is 2.67. The molecular weight excluding hydrogens is 342 g/mol. The first-order chi connectivity index (χ1) is 11.5. The monoisotopic (exact) mass is 361 g/mol. The fraction of sp³-hybridized carbons (Fsp3) is 0.353. The third kappa shape index (κ3) is 3.27. The first-order valence-electron chi connectivity index (χ1n) is 7.71. The van der Waals surface area contributed by atoms with Crippen LogP contribution in [0.15, 0.2) is 10.8 Å². The van der Waals surface area contributed by atoms with Crippen LogP contribution in [0.2, 0.25) is 0 Å². The Hall–Kier alpha value is -1.99. The first kappa shape index (κ1) is 16.9. The molecule has 5 nitrogen and oxygen atoms in total. The van der Waals surface area contributed by atoms with Gasteiger partial charge in [0.1, 0.15) is 0 Å². The Balaban J connectivity index is 1.87. The maximum absolute atomic E-state index is 12.1. The molecule has 0 saturated heterocycles. The second-order valence-corrected chi connectivity index (χ2v) is 7.51. The highest BCUT2D eigenvalue weighted by Gasteiger charge is 2.21. The Bertz CT molecular complexity index is 876. The average molecular weight is 361 g/mol. The van der Waals surface area contributed by atoms with Gasteiger partial charge in [-0.25, -0.2) is 14.8 Å². The smallest absolute Gasteiger partial charge is 0.340 e. The summed E-state index contributed by atoms with van der Waals surface area (Å²) in [6.45, 7) is 7.99. The maximum Gasteiger partial charge on any atom is 0.340 e. The van der Waals surface area contributed by atoms with Crippen LogP contribution in [-0.4, -0.2) is 27.5 Å². The first-order valence-corrected chi connectivity index (χ1v) is 9.47. The van der Waals surface area contributed by atoms with Crippen LogP contribution >= 0.6 is 22.7 Å². The molecule has 0 aliphatic rings. The Morgan fingerprint density at radius 2 is 2.00 bits per heavy atom. The second kappa shape index (κ2) is 6.86. The van der Waals surface area contributed by atoms with Crippen molar-refractivity contribution in [2.24, 2.45) is 0 Å². The van der Waals surface area contributed by atoms with E-state index in [2.05, 4.69) is 15.3 Å². The van der Waals surface area contributed by atoms with Crippen molar-refractivity contribution in [2.75, 3.05) is 6.61 Å². The van der Waals surface area contributed by atoms with Gasteiger partial charge in [0.2, 0.25) is 0 Å². The number of esters is 1. The second-order valence-electron chi connectivity index (χ2n) is 5.51. The molecule has 1 N–H and O–H groups in total. The van der Waals surface area contributed by atoms with E-state index < -0.39 is 0 Å². The van der Waals surface area contributed by atoms with Crippen molar-refractivity contribution in [1.29, 1.82) is 0 Å². The summed E-state index contributed by atoms with van der Waals surface area (Å²) in [6, 6.07) is 0. The molecule has 0 atom stereocenters. The zero-order valence-corrected chi connectivity index (χ0v) is 15.7. The Morgan fingerprint density at radius 3 is 2.67 bits per heavy atom. The molecule has 3 heterocycles. The number of H-pyrrole nitrogens is 1. The molecule has 7 heteroatoms. The maximum atomic E-state index is 12.1. The van der Waals surface area contributed by atoms with Gasteiger partial charge in [-0.2, -0.15) is 0 Å². The van der Waals surface area contributed by atoms with Gasteiger partial charge in [0, 0.05) is 22.9 Å². The minimum atomic E-state index is -0.289. The van der Waals surface area contributed by atoms with Crippen molar-refractivity contribution < 1.29 is 9.53 Å². The van der Waals surface area contributed by atoms with Gasteiger partial charge in [-0.3, -0.25) is 0 Å². The lowest BCUT2D eigenvalue weighted by molar-refractivity contribution is 0.0525. The van der Waals surface area contributed by atoms with Crippen molar-refractivity contribution in [3.8, 4) is 11.4 Å². The van der Waals surface area contributed by atoms with E-state index in [1.807, 2.05) is 33.1 Å². The summed E-state index contributed by atoms with van der Waals surface area (Å²) in [5, 5.41) is 6.16. The van der Waals surface area contributed by atoms with Gasteiger partial charge in [0.05, 0.1) is 39.3 Å². The molecule has 0 amide bonds. The van der Waals surface area contributed by atoms with Crippen molar-refractivity contribution in [1.82, 2.24) is 15.0 Å². The van der Waals surface area contributed by atoms with Gasteiger partial charge in [0.25, 0.3) is 0 Å². The lowest BCUT2D eigenvalue weighted by atomic mass is 10.1. The molecule has 0 fully saturated rings. The van der Waals surface area contributed by atoms with Crippen LogP contribution in [0.4, 0.5) is 0 Å². The van der Waals surface area contributed by atoms with E-state index in [1.54, 1.807) is 22.7 Å². The van der Waals surface area contributed by atoms with Gasteiger partial charge in [0.15, 0.2) is 0 Å². The molecule has 3 aromatic heterocycles. The highest BCUT2D eigenvalue weighted by Crippen LogP contribution is 2.29. The summed E-state index contributed by atoms with van der Waals surface area (Å²) in [6.07, 6.45) is 0.735. The number of hydrogen-bond donors (Lipinski definition) is 1. The third-order valence-electron chi connectivity index (χ3n) is 3.72. The molecule has 24 heavy (non-hydrogen) atoms. The number of nitrogens with one attached hydrogen (secondary N) is 1. The van der Waals surface area contributed by atoms with Gasteiger partial charge in [-0.15, -0.1) is 22.7 Å². The lowest BCUT2D eigenvalue weighted by Crippen LogP contribution is -2.06. The van der Waals surface area contributed by atoms with Crippen LogP contribution < -0.4 is 0 Å². The summed E-state index contributed by atoms with van der Waals surface area (Å²) >= 11 is 3.26. The van der Waals surface area contributed by atoms with Gasteiger partial charge in [-0.1, -0.05) is 0 Å². The summed E-state index contributed by atoms with van der Waals surface area (Å²) in [5.74, 6) is -0.289. The number of aromatic amines is 1. The zero-order valence-electron chi connectivity index (χ0n) is 14.1. The largest absolute Gasteiger partial charge is 0.462 e. The Labute approximate surface area is 148 Å². The molecule has 0 aliphatic heterocycles. The molecule has 0 unspecified atom stereocenters. The lowest BCUT2D eigenvalue weighted by Gasteiger charge is -2.02. The summed E-state index contributed by atoms with van der Waals surface area (Å²) in [5.41, 5.74) is 5.09. The van der Waals surface area contributed by atoms with E-state index in [0.29, 0.717) is 12.2 Å². The van der Waals surface area contributed by atoms with E-state index >= 15 is 0 Å². The minimum Gasteiger partial charge on any atom is -0.462 e. The Morgan fingerprint density at radius 1 is 1.21 bits per heavy atom. The van der Waals surface area contributed by atoms with Crippen LogP contribution in [0.5, 0.6) is 0 Å². The minimum absolute atomic E-state index is 0.289. The van der Waals surface area contributed by atoms with E-state index in [9.17, 15) is 4.79 Å². The number of ether oxygens (including phenoxy) is 1. The van der Waals surface area contributed by atoms with Crippen LogP contribution in [-0.2, 0) is 11.2 Å². The molecule has 0 aromatic carbocycles.